The number of rotatable bonds is 5. The molecule has 0 radical (unpaired) electrons. The van der Waals surface area contributed by atoms with Gasteiger partial charge in [-0.25, -0.2) is 0 Å². The van der Waals surface area contributed by atoms with E-state index in [0.717, 1.165) is 53.7 Å². The number of hydrogen-bond acceptors (Lipinski definition) is 4. The molecule has 1 spiro atoms. The van der Waals surface area contributed by atoms with Gasteiger partial charge in [-0.05, 0) is 48.7 Å². The third kappa shape index (κ3) is 4.84. The van der Waals surface area contributed by atoms with E-state index in [0.29, 0.717) is 12.1 Å². The van der Waals surface area contributed by atoms with Gasteiger partial charge >= 0.3 is 0 Å². The van der Waals surface area contributed by atoms with Crippen LogP contribution in [0.3, 0.4) is 0 Å². The highest BCUT2D eigenvalue weighted by atomic mass is 79.9. The maximum absolute atomic E-state index is 6.14. The number of nitrogens with one attached hydrogen (secondary N) is 2. The highest BCUT2D eigenvalue weighted by molar-refractivity contribution is 9.10. The van der Waals surface area contributed by atoms with E-state index in [-0.39, 0.29) is 0 Å². The van der Waals surface area contributed by atoms with Crippen LogP contribution in [0.1, 0.15) is 24.0 Å². The highest BCUT2D eigenvalue weighted by Crippen LogP contribution is 2.29. The SMILES string of the molecule is Clc1ccc(COc2ccc(Br)cc2CN2CCC3(CC2)CNCN3)cc1. The Morgan fingerprint density at radius 3 is 2.59 bits per heavy atom. The number of ether oxygens (including phenoxy) is 1. The zero-order valence-electron chi connectivity index (χ0n) is 15.3. The second kappa shape index (κ2) is 8.50. The second-order valence-electron chi connectivity index (χ2n) is 7.50. The van der Waals surface area contributed by atoms with Gasteiger partial charge in [-0.2, -0.15) is 0 Å². The topological polar surface area (TPSA) is 36.5 Å². The lowest BCUT2D eigenvalue weighted by Crippen LogP contribution is -2.51. The van der Waals surface area contributed by atoms with Crippen LogP contribution in [-0.2, 0) is 13.2 Å². The van der Waals surface area contributed by atoms with Gasteiger partial charge in [0, 0.05) is 53.4 Å². The fourth-order valence-corrected chi connectivity index (χ4v) is 4.44. The van der Waals surface area contributed by atoms with Crippen LogP contribution < -0.4 is 15.4 Å². The fourth-order valence-electron chi connectivity index (χ4n) is 3.90. The van der Waals surface area contributed by atoms with E-state index in [4.69, 9.17) is 16.3 Å². The molecular weight excluding hydrogens is 426 g/mol. The van der Waals surface area contributed by atoms with Crippen LogP contribution >= 0.6 is 27.5 Å². The summed E-state index contributed by atoms with van der Waals surface area (Å²) in [5.74, 6) is 0.953. The Bertz CT molecular complexity index is 767. The van der Waals surface area contributed by atoms with E-state index in [1.54, 1.807) is 0 Å². The first-order valence-corrected chi connectivity index (χ1v) is 10.6. The lowest BCUT2D eigenvalue weighted by molar-refractivity contribution is 0.147. The monoisotopic (exact) mass is 449 g/mol. The summed E-state index contributed by atoms with van der Waals surface area (Å²) in [5, 5.41) is 7.82. The number of nitrogens with zero attached hydrogens (tertiary/aromatic N) is 1. The van der Waals surface area contributed by atoms with Gasteiger partial charge in [-0.1, -0.05) is 39.7 Å². The largest absolute Gasteiger partial charge is 0.489 e. The van der Waals surface area contributed by atoms with Crippen molar-refractivity contribution in [2.24, 2.45) is 0 Å². The van der Waals surface area contributed by atoms with Gasteiger partial charge in [0.15, 0.2) is 0 Å². The summed E-state index contributed by atoms with van der Waals surface area (Å²) in [5.41, 5.74) is 2.65. The van der Waals surface area contributed by atoms with E-state index >= 15 is 0 Å². The number of benzene rings is 2. The molecule has 2 fully saturated rings. The quantitative estimate of drug-likeness (QED) is 0.717. The first-order valence-electron chi connectivity index (χ1n) is 9.46. The molecule has 0 atom stereocenters. The van der Waals surface area contributed by atoms with E-state index in [1.165, 1.54) is 18.4 Å². The number of halogens is 2. The summed E-state index contributed by atoms with van der Waals surface area (Å²) in [6, 6.07) is 14.1. The fraction of sp³-hybridized carbons (Fsp3) is 0.429. The van der Waals surface area contributed by atoms with E-state index in [9.17, 15) is 0 Å². The van der Waals surface area contributed by atoms with Crippen molar-refractivity contribution in [1.29, 1.82) is 0 Å². The third-order valence-corrected chi connectivity index (χ3v) is 6.33. The standard InChI is InChI=1S/C21H25BrClN3O/c22-18-3-6-20(27-13-16-1-4-19(23)5-2-16)17(11-18)12-26-9-7-21(8-10-26)14-24-15-25-21/h1-6,11,24-25H,7-10,12-15H2. The van der Waals surface area contributed by atoms with Gasteiger partial charge in [-0.3, -0.25) is 10.2 Å². The van der Waals surface area contributed by atoms with Crippen molar-refractivity contribution < 1.29 is 4.74 Å². The number of hydrogen-bond donors (Lipinski definition) is 2. The minimum atomic E-state index is 0.307. The Morgan fingerprint density at radius 1 is 1.11 bits per heavy atom. The predicted octanol–water partition coefficient (Wildman–Crippen LogP) is 4.17. The molecule has 0 aliphatic carbocycles. The molecule has 2 aromatic carbocycles. The van der Waals surface area contributed by atoms with Gasteiger partial charge in [0.05, 0.1) is 0 Å². The van der Waals surface area contributed by atoms with Crippen LogP contribution in [-0.4, -0.2) is 36.7 Å². The summed E-state index contributed by atoms with van der Waals surface area (Å²) in [6.45, 7) is 5.71. The van der Waals surface area contributed by atoms with Crippen molar-refractivity contribution in [3.05, 3.63) is 63.1 Å². The molecule has 27 heavy (non-hydrogen) atoms. The smallest absolute Gasteiger partial charge is 0.124 e. The Kier molecular flexibility index (Phi) is 6.05. The zero-order chi connectivity index (χ0) is 18.7. The maximum Gasteiger partial charge on any atom is 0.124 e. The van der Waals surface area contributed by atoms with Gasteiger partial charge in [0.2, 0.25) is 0 Å². The van der Waals surface area contributed by atoms with Crippen molar-refractivity contribution >= 4 is 27.5 Å². The van der Waals surface area contributed by atoms with Crippen LogP contribution in [0.2, 0.25) is 5.02 Å². The van der Waals surface area contributed by atoms with Gasteiger partial charge in [0.1, 0.15) is 12.4 Å². The van der Waals surface area contributed by atoms with E-state index in [1.807, 2.05) is 30.3 Å². The van der Waals surface area contributed by atoms with Gasteiger partial charge < -0.3 is 10.1 Å². The minimum Gasteiger partial charge on any atom is -0.489 e. The molecule has 2 aromatic rings. The Morgan fingerprint density at radius 2 is 1.89 bits per heavy atom. The molecule has 0 unspecified atom stereocenters. The normalized spacial score (nSPS) is 19.5. The summed E-state index contributed by atoms with van der Waals surface area (Å²) in [7, 11) is 0. The molecule has 0 saturated carbocycles. The maximum atomic E-state index is 6.14. The zero-order valence-corrected chi connectivity index (χ0v) is 17.7. The first-order chi connectivity index (χ1) is 13.1. The Balaban J connectivity index is 1.40. The van der Waals surface area contributed by atoms with Crippen LogP contribution in [0, 0.1) is 0 Å². The molecule has 2 heterocycles. The number of piperidine rings is 1. The minimum absolute atomic E-state index is 0.307. The van der Waals surface area contributed by atoms with Crippen molar-refractivity contribution in [2.45, 2.75) is 31.5 Å². The molecule has 0 amide bonds. The van der Waals surface area contributed by atoms with Crippen molar-refractivity contribution in [2.75, 3.05) is 26.3 Å². The van der Waals surface area contributed by atoms with Crippen LogP contribution in [0.4, 0.5) is 0 Å². The highest BCUT2D eigenvalue weighted by Gasteiger charge is 2.36. The molecule has 6 heteroatoms. The van der Waals surface area contributed by atoms with E-state index < -0.39 is 0 Å². The third-order valence-electron chi connectivity index (χ3n) is 5.59. The van der Waals surface area contributed by atoms with Crippen LogP contribution in [0.15, 0.2) is 46.9 Å². The average molecular weight is 451 g/mol. The molecule has 0 bridgehead atoms. The van der Waals surface area contributed by atoms with Crippen molar-refractivity contribution in [3.63, 3.8) is 0 Å². The molecule has 2 N–H and O–H groups in total. The molecule has 144 valence electrons. The molecule has 4 nitrogen and oxygen atoms in total. The first kappa shape index (κ1) is 19.2. The van der Waals surface area contributed by atoms with Crippen LogP contribution in [0.5, 0.6) is 5.75 Å². The van der Waals surface area contributed by atoms with Crippen LogP contribution in [0.25, 0.3) is 0 Å². The Hall–Kier alpha value is -1.11. The van der Waals surface area contributed by atoms with E-state index in [2.05, 4.69) is 43.6 Å². The van der Waals surface area contributed by atoms with Crippen molar-refractivity contribution in [1.82, 2.24) is 15.5 Å². The Labute approximate surface area is 174 Å². The summed E-state index contributed by atoms with van der Waals surface area (Å²) < 4.78 is 7.23. The van der Waals surface area contributed by atoms with Gasteiger partial charge in [0.25, 0.3) is 0 Å². The second-order valence-corrected chi connectivity index (χ2v) is 8.86. The molecule has 2 saturated heterocycles. The average Bonchev–Trinajstić information content (AvgIpc) is 3.13. The lowest BCUT2D eigenvalue weighted by Gasteiger charge is -2.39. The summed E-state index contributed by atoms with van der Waals surface area (Å²) >= 11 is 9.57. The summed E-state index contributed by atoms with van der Waals surface area (Å²) in [4.78, 5) is 2.53. The predicted molar refractivity (Wildman–Crippen MR) is 113 cm³/mol. The van der Waals surface area contributed by atoms with Gasteiger partial charge in [-0.15, -0.1) is 0 Å². The summed E-state index contributed by atoms with van der Waals surface area (Å²) in [6.07, 6.45) is 2.38. The lowest BCUT2D eigenvalue weighted by atomic mass is 9.88. The number of likely N-dealkylation sites (tertiary alicyclic amines) is 1. The molecule has 4 rings (SSSR count). The molecular formula is C21H25BrClN3O. The molecule has 2 aliphatic rings. The molecule has 2 aliphatic heterocycles. The van der Waals surface area contributed by atoms with Crippen molar-refractivity contribution in [3.8, 4) is 5.75 Å². The molecule has 0 aromatic heterocycles.